The molecule has 0 atom stereocenters. The molecule has 5 rings (SSSR count). The molecule has 2 aromatic carbocycles. The molecule has 0 aliphatic carbocycles. The Morgan fingerprint density at radius 3 is 2.57 bits per heavy atom. The van der Waals surface area contributed by atoms with Crippen molar-refractivity contribution in [1.29, 1.82) is 0 Å². The molecule has 2 aromatic heterocycles. The lowest BCUT2D eigenvalue weighted by molar-refractivity contribution is -0.137. The number of hydrogen-bond donors (Lipinski definition) is 3. The van der Waals surface area contributed by atoms with Crippen LogP contribution < -0.4 is 16.0 Å². The number of methoxy groups -OCH3 is 1. The first kappa shape index (κ1) is 29.0. The highest BCUT2D eigenvalue weighted by atomic mass is 19.4. The second kappa shape index (κ2) is 11.8. The van der Waals surface area contributed by atoms with Gasteiger partial charge in [-0.25, -0.2) is 9.97 Å². The summed E-state index contributed by atoms with van der Waals surface area (Å²) >= 11 is 0. The van der Waals surface area contributed by atoms with Crippen LogP contribution in [0.2, 0.25) is 0 Å². The summed E-state index contributed by atoms with van der Waals surface area (Å²) in [5.74, 6) is 1.16. The minimum absolute atomic E-state index is 0.0669. The number of likely N-dealkylation sites (tertiary alicyclic amines) is 1. The van der Waals surface area contributed by atoms with E-state index in [1.54, 1.807) is 37.0 Å². The fraction of sp³-hybridized carbons (Fsp3) is 0.310. The summed E-state index contributed by atoms with van der Waals surface area (Å²) in [5, 5.41) is 13.6. The van der Waals surface area contributed by atoms with Crippen LogP contribution in [0.25, 0.3) is 5.82 Å². The van der Waals surface area contributed by atoms with Crippen molar-refractivity contribution in [2.45, 2.75) is 32.7 Å². The molecule has 3 heterocycles. The third-order valence-corrected chi connectivity index (χ3v) is 6.96. The van der Waals surface area contributed by atoms with Crippen molar-refractivity contribution in [2.75, 3.05) is 43.2 Å². The van der Waals surface area contributed by atoms with Gasteiger partial charge in [-0.3, -0.25) is 9.69 Å². The number of aromatic nitrogens is 4. The molecule has 1 aliphatic rings. The van der Waals surface area contributed by atoms with Crippen molar-refractivity contribution in [3.63, 3.8) is 0 Å². The Balaban J connectivity index is 1.37. The van der Waals surface area contributed by atoms with Crippen molar-refractivity contribution in [3.8, 4) is 5.82 Å². The molecule has 1 amide bonds. The Morgan fingerprint density at radius 1 is 1.07 bits per heavy atom. The van der Waals surface area contributed by atoms with Crippen LogP contribution in [0.4, 0.5) is 36.2 Å². The number of rotatable bonds is 9. The monoisotopic (exact) mass is 580 g/mol. The third kappa shape index (κ3) is 6.52. The van der Waals surface area contributed by atoms with Crippen molar-refractivity contribution < 1.29 is 22.7 Å². The van der Waals surface area contributed by atoms with Crippen LogP contribution in [-0.2, 0) is 17.5 Å². The maximum absolute atomic E-state index is 13.7. The van der Waals surface area contributed by atoms with Gasteiger partial charge in [0.15, 0.2) is 5.82 Å². The zero-order valence-corrected chi connectivity index (χ0v) is 23.6. The molecule has 0 spiro atoms. The number of benzene rings is 2. The average Bonchev–Trinajstić information content (AvgIpc) is 3.31. The number of carbonyl (C=O) groups is 1. The first-order valence-corrected chi connectivity index (χ1v) is 13.2. The standard InChI is InChI=1S/C29H31F3N8O2/c1-17-5-6-22(11-24(17)37-27-7-18(2)38-40(27)26-12-25(33-3)34-16-35-26)36-28(41)20-8-19(9-21(10-20)29(30,31)32)13-39-14-23(15-39)42-4/h5-12,16,23,37H,13-15H2,1-4H3,(H,36,41)(H,33,34,35). The van der Waals surface area contributed by atoms with Crippen LogP contribution in [0.3, 0.4) is 0 Å². The maximum atomic E-state index is 13.7. The molecule has 13 heteroatoms. The predicted molar refractivity (Wildman–Crippen MR) is 153 cm³/mol. The Kier molecular flexibility index (Phi) is 8.14. The number of aryl methyl sites for hydroxylation is 2. The highest BCUT2D eigenvalue weighted by Gasteiger charge is 2.33. The number of ether oxygens (including phenoxy) is 1. The highest BCUT2D eigenvalue weighted by molar-refractivity contribution is 6.04. The van der Waals surface area contributed by atoms with E-state index in [-0.39, 0.29) is 18.2 Å². The fourth-order valence-corrected chi connectivity index (χ4v) is 4.68. The van der Waals surface area contributed by atoms with Gasteiger partial charge in [0.2, 0.25) is 0 Å². The van der Waals surface area contributed by atoms with Gasteiger partial charge in [-0.2, -0.15) is 23.0 Å². The molecule has 1 fully saturated rings. The number of nitrogens with zero attached hydrogens (tertiary/aromatic N) is 5. The normalized spacial score (nSPS) is 14.0. The van der Waals surface area contributed by atoms with E-state index in [4.69, 9.17) is 4.74 Å². The number of halogens is 3. The molecule has 0 saturated carbocycles. The Hall–Kier alpha value is -4.49. The summed E-state index contributed by atoms with van der Waals surface area (Å²) in [6.45, 7) is 5.29. The van der Waals surface area contributed by atoms with Gasteiger partial charge in [0.25, 0.3) is 5.91 Å². The van der Waals surface area contributed by atoms with Crippen LogP contribution in [0.1, 0.15) is 32.7 Å². The largest absolute Gasteiger partial charge is 0.416 e. The molecule has 4 aromatic rings. The van der Waals surface area contributed by atoms with E-state index in [1.165, 1.54) is 12.4 Å². The zero-order chi connectivity index (χ0) is 30.0. The second-order valence-electron chi connectivity index (χ2n) is 10.2. The van der Waals surface area contributed by atoms with Crippen molar-refractivity contribution >= 4 is 28.9 Å². The summed E-state index contributed by atoms with van der Waals surface area (Å²) < 4.78 is 48.0. The van der Waals surface area contributed by atoms with Gasteiger partial charge >= 0.3 is 6.18 Å². The van der Waals surface area contributed by atoms with Gasteiger partial charge in [0.1, 0.15) is 18.0 Å². The molecular weight excluding hydrogens is 549 g/mol. The van der Waals surface area contributed by atoms with Gasteiger partial charge in [-0.1, -0.05) is 6.07 Å². The highest BCUT2D eigenvalue weighted by Crippen LogP contribution is 2.32. The number of amides is 1. The number of alkyl halides is 3. The van der Waals surface area contributed by atoms with Crippen LogP contribution in [-0.4, -0.2) is 63.9 Å². The van der Waals surface area contributed by atoms with Gasteiger partial charge in [0.05, 0.1) is 17.4 Å². The lowest BCUT2D eigenvalue weighted by Gasteiger charge is -2.38. The van der Waals surface area contributed by atoms with E-state index in [0.717, 1.165) is 23.4 Å². The molecule has 0 radical (unpaired) electrons. The topological polar surface area (TPSA) is 109 Å². The first-order chi connectivity index (χ1) is 20.0. The molecule has 3 N–H and O–H groups in total. The SMILES string of the molecule is CNc1cc(-n2nc(C)cc2Nc2cc(NC(=O)c3cc(CN4CC(OC)C4)cc(C(F)(F)F)c3)ccc2C)ncn1. The lowest BCUT2D eigenvalue weighted by Crippen LogP contribution is -2.50. The fourth-order valence-electron chi connectivity index (χ4n) is 4.68. The van der Waals surface area contributed by atoms with Gasteiger partial charge in [0, 0.05) is 62.9 Å². The third-order valence-electron chi connectivity index (χ3n) is 6.96. The average molecular weight is 581 g/mol. The second-order valence-corrected chi connectivity index (χ2v) is 10.2. The van der Waals surface area contributed by atoms with E-state index in [2.05, 4.69) is 31.0 Å². The molecule has 1 aliphatic heterocycles. The van der Waals surface area contributed by atoms with Crippen LogP contribution >= 0.6 is 0 Å². The minimum atomic E-state index is -4.59. The molecule has 0 unspecified atom stereocenters. The van der Waals surface area contributed by atoms with E-state index in [9.17, 15) is 18.0 Å². The van der Waals surface area contributed by atoms with Crippen LogP contribution in [0.15, 0.2) is 54.9 Å². The van der Waals surface area contributed by atoms with E-state index >= 15 is 0 Å². The predicted octanol–water partition coefficient (Wildman–Crippen LogP) is 5.17. The van der Waals surface area contributed by atoms with Crippen molar-refractivity contribution in [2.24, 2.45) is 0 Å². The molecule has 1 saturated heterocycles. The molecule has 0 bridgehead atoms. The Bertz CT molecular complexity index is 1600. The number of carbonyl (C=O) groups excluding carboxylic acids is 1. The van der Waals surface area contributed by atoms with E-state index < -0.39 is 17.6 Å². The number of nitrogens with one attached hydrogen (secondary N) is 3. The smallest absolute Gasteiger partial charge is 0.379 e. The molecular formula is C29H31F3N8O2. The van der Waals surface area contributed by atoms with Crippen molar-refractivity contribution in [1.82, 2.24) is 24.6 Å². The van der Waals surface area contributed by atoms with Crippen LogP contribution in [0, 0.1) is 13.8 Å². The summed E-state index contributed by atoms with van der Waals surface area (Å²) in [7, 11) is 3.36. The van der Waals surface area contributed by atoms with Crippen molar-refractivity contribution in [3.05, 3.63) is 82.8 Å². The first-order valence-electron chi connectivity index (χ1n) is 13.2. The van der Waals surface area contributed by atoms with Gasteiger partial charge < -0.3 is 20.7 Å². The quantitative estimate of drug-likeness (QED) is 0.249. The summed E-state index contributed by atoms with van der Waals surface area (Å²) in [5.41, 5.74) is 2.19. The van der Waals surface area contributed by atoms with E-state index in [1.807, 2.05) is 30.9 Å². The number of anilines is 4. The zero-order valence-electron chi connectivity index (χ0n) is 23.6. The molecule has 220 valence electrons. The van der Waals surface area contributed by atoms with E-state index in [0.29, 0.717) is 47.5 Å². The Morgan fingerprint density at radius 2 is 1.86 bits per heavy atom. The van der Waals surface area contributed by atoms with Crippen LogP contribution in [0.5, 0.6) is 0 Å². The summed E-state index contributed by atoms with van der Waals surface area (Å²) in [4.78, 5) is 23.6. The van der Waals surface area contributed by atoms with Gasteiger partial charge in [-0.05, 0) is 55.3 Å². The summed E-state index contributed by atoms with van der Waals surface area (Å²) in [6.07, 6.45) is -3.09. The maximum Gasteiger partial charge on any atom is 0.416 e. The van der Waals surface area contributed by atoms with Gasteiger partial charge in [-0.15, -0.1) is 0 Å². The summed E-state index contributed by atoms with van der Waals surface area (Å²) in [6, 6.07) is 12.3. The number of hydrogen-bond acceptors (Lipinski definition) is 8. The minimum Gasteiger partial charge on any atom is -0.379 e. The molecule has 42 heavy (non-hydrogen) atoms. The molecule has 10 nitrogen and oxygen atoms in total. The Labute approximate surface area is 240 Å². The lowest BCUT2D eigenvalue weighted by atomic mass is 10.0.